The van der Waals surface area contributed by atoms with Gasteiger partial charge in [-0.05, 0) is 77.0 Å². The minimum Gasteiger partial charge on any atom is -0.462 e. The van der Waals surface area contributed by atoms with Crippen molar-refractivity contribution in [1.29, 1.82) is 0 Å². The molecule has 326 valence electrons. The molecule has 1 saturated heterocycles. The highest BCUT2D eigenvalue weighted by molar-refractivity contribution is 7.85. The van der Waals surface area contributed by atoms with Crippen LogP contribution in [0.3, 0.4) is 0 Å². The molecule has 6 atom stereocenters. The van der Waals surface area contributed by atoms with Crippen molar-refractivity contribution in [3.63, 3.8) is 0 Å². The number of hydrogen-bond donors (Lipinski definition) is 4. The molecule has 1 fully saturated rings. The Hall–Kier alpha value is -3.69. The Morgan fingerprint density at radius 2 is 1.03 bits per heavy atom. The van der Waals surface area contributed by atoms with Crippen LogP contribution < -0.4 is 0 Å². The summed E-state index contributed by atoms with van der Waals surface area (Å²) in [5, 5.41) is 30.8. The van der Waals surface area contributed by atoms with Crippen LogP contribution in [0.5, 0.6) is 0 Å². The van der Waals surface area contributed by atoms with Crippen molar-refractivity contribution in [2.75, 3.05) is 19.0 Å². The Morgan fingerprint density at radius 3 is 1.50 bits per heavy atom. The summed E-state index contributed by atoms with van der Waals surface area (Å²) < 4.78 is 53.8. The molecular weight excluding hydrogens is 765 g/mol. The quantitative estimate of drug-likeness (QED) is 0.0232. The first kappa shape index (κ1) is 52.3. The summed E-state index contributed by atoms with van der Waals surface area (Å²) in [6.45, 7) is 3.38. The topological polar surface area (TPSA) is 186 Å². The van der Waals surface area contributed by atoms with Gasteiger partial charge >= 0.3 is 11.9 Å². The fourth-order valence-corrected chi connectivity index (χ4v) is 5.94. The standard InChI is InChI=1S/C45H68O12S/c1-3-5-7-9-11-13-15-17-18-19-20-22-24-26-28-30-32-34-41(47)56-38(36-55-45-44(50)43(49)42(48)39(57-45)37-58(51,52)53)35-54-40(46)33-31-29-27-25-23-21-16-14-12-10-8-6-4-2/h5-8,11-14,17-18,20-23,26-29,38-39,42-45,48-50H,3-4,9-10,15-16,19,24-25,30-37H2,1-2H3,(H,51,52,53)/b7-5-,8-6-,13-11-,14-12-,18-17-,22-20-,23-21-,28-26-,29-27-. The molecule has 4 N–H and O–H groups in total. The fourth-order valence-electron chi connectivity index (χ4n) is 5.25. The third-order valence-electron chi connectivity index (χ3n) is 8.36. The molecule has 0 amide bonds. The third-order valence-corrected chi connectivity index (χ3v) is 9.11. The Kier molecular flexibility index (Phi) is 30.9. The summed E-state index contributed by atoms with van der Waals surface area (Å²) in [7, 11) is -4.62. The molecule has 12 nitrogen and oxygen atoms in total. The van der Waals surface area contributed by atoms with E-state index < -0.39 is 71.2 Å². The minimum absolute atomic E-state index is 0.0640. The Balaban J connectivity index is 2.60. The summed E-state index contributed by atoms with van der Waals surface area (Å²) >= 11 is 0. The van der Waals surface area contributed by atoms with Gasteiger partial charge in [0.1, 0.15) is 36.8 Å². The number of aliphatic hydroxyl groups is 3. The molecule has 13 heteroatoms. The van der Waals surface area contributed by atoms with Crippen LogP contribution in [-0.4, -0.2) is 96.0 Å². The second-order valence-electron chi connectivity index (χ2n) is 13.5. The highest BCUT2D eigenvalue weighted by Crippen LogP contribution is 2.23. The van der Waals surface area contributed by atoms with Gasteiger partial charge in [-0.1, -0.05) is 123 Å². The van der Waals surface area contributed by atoms with Gasteiger partial charge in [0.2, 0.25) is 0 Å². The molecule has 1 aliphatic heterocycles. The predicted molar refractivity (Wildman–Crippen MR) is 228 cm³/mol. The van der Waals surface area contributed by atoms with Crippen LogP contribution in [-0.2, 0) is 38.7 Å². The van der Waals surface area contributed by atoms with Gasteiger partial charge in [-0.25, -0.2) is 0 Å². The minimum atomic E-state index is -4.62. The van der Waals surface area contributed by atoms with E-state index in [4.69, 9.17) is 18.9 Å². The van der Waals surface area contributed by atoms with Crippen molar-refractivity contribution in [3.05, 3.63) is 109 Å². The van der Waals surface area contributed by atoms with Gasteiger partial charge in [0.15, 0.2) is 12.4 Å². The lowest BCUT2D eigenvalue weighted by atomic mass is 10.00. The maximum atomic E-state index is 12.8. The monoisotopic (exact) mass is 832 g/mol. The van der Waals surface area contributed by atoms with E-state index in [1.54, 1.807) is 0 Å². The molecule has 1 heterocycles. The molecule has 6 unspecified atom stereocenters. The molecule has 1 rings (SSSR count). The molecule has 0 aromatic rings. The number of carbonyl (C=O) groups is 2. The van der Waals surface area contributed by atoms with Crippen molar-refractivity contribution in [3.8, 4) is 0 Å². The highest BCUT2D eigenvalue weighted by atomic mass is 32.2. The lowest BCUT2D eigenvalue weighted by Gasteiger charge is -2.40. The largest absolute Gasteiger partial charge is 0.462 e. The summed E-state index contributed by atoms with van der Waals surface area (Å²) in [5.74, 6) is -2.19. The van der Waals surface area contributed by atoms with E-state index in [-0.39, 0.29) is 19.4 Å². The normalized spacial score (nSPS) is 21.5. The lowest BCUT2D eigenvalue weighted by molar-refractivity contribution is -0.297. The van der Waals surface area contributed by atoms with Crippen LogP contribution in [0.1, 0.15) is 104 Å². The number of rotatable bonds is 31. The van der Waals surface area contributed by atoms with Crippen LogP contribution in [0.25, 0.3) is 0 Å². The third kappa shape index (κ3) is 28.7. The predicted octanol–water partition coefficient (Wildman–Crippen LogP) is 7.66. The van der Waals surface area contributed by atoms with Gasteiger partial charge in [0, 0.05) is 12.8 Å². The van der Waals surface area contributed by atoms with Gasteiger partial charge < -0.3 is 34.3 Å². The summed E-state index contributed by atoms with van der Waals surface area (Å²) in [6.07, 6.45) is 37.4. The molecule has 0 aromatic heterocycles. The van der Waals surface area contributed by atoms with Crippen molar-refractivity contribution in [2.45, 2.75) is 141 Å². The van der Waals surface area contributed by atoms with Crippen molar-refractivity contribution >= 4 is 22.1 Å². The number of ether oxygens (including phenoxy) is 4. The Morgan fingerprint density at radius 1 is 0.586 bits per heavy atom. The zero-order valence-electron chi connectivity index (χ0n) is 34.3. The van der Waals surface area contributed by atoms with Gasteiger partial charge in [-0.3, -0.25) is 14.1 Å². The van der Waals surface area contributed by atoms with Crippen molar-refractivity contribution in [1.82, 2.24) is 0 Å². The molecule has 0 aromatic carbocycles. The fraction of sp³-hybridized carbons (Fsp3) is 0.556. The lowest BCUT2D eigenvalue weighted by Crippen LogP contribution is -2.60. The number of hydrogen-bond acceptors (Lipinski definition) is 11. The molecule has 1 aliphatic rings. The van der Waals surface area contributed by atoms with Crippen LogP contribution >= 0.6 is 0 Å². The van der Waals surface area contributed by atoms with E-state index in [0.717, 1.165) is 57.8 Å². The van der Waals surface area contributed by atoms with Gasteiger partial charge in [-0.15, -0.1) is 0 Å². The molecule has 58 heavy (non-hydrogen) atoms. The molecule has 0 spiro atoms. The summed E-state index contributed by atoms with van der Waals surface area (Å²) in [4.78, 5) is 25.3. The van der Waals surface area contributed by atoms with Crippen LogP contribution in [0.15, 0.2) is 109 Å². The number of aliphatic hydroxyl groups excluding tert-OH is 3. The van der Waals surface area contributed by atoms with Crippen LogP contribution in [0.2, 0.25) is 0 Å². The van der Waals surface area contributed by atoms with Gasteiger partial charge in [0.05, 0.1) is 6.61 Å². The highest BCUT2D eigenvalue weighted by Gasteiger charge is 2.46. The summed E-state index contributed by atoms with van der Waals surface area (Å²) in [6, 6.07) is 0. The van der Waals surface area contributed by atoms with E-state index in [0.29, 0.717) is 19.3 Å². The van der Waals surface area contributed by atoms with Crippen molar-refractivity contribution in [2.24, 2.45) is 0 Å². The average Bonchev–Trinajstić information content (AvgIpc) is 3.18. The molecule has 0 saturated carbocycles. The van der Waals surface area contributed by atoms with Gasteiger partial charge in [0.25, 0.3) is 10.1 Å². The average molecular weight is 833 g/mol. The van der Waals surface area contributed by atoms with Crippen LogP contribution in [0.4, 0.5) is 0 Å². The van der Waals surface area contributed by atoms with Gasteiger partial charge in [-0.2, -0.15) is 8.42 Å². The van der Waals surface area contributed by atoms with Crippen LogP contribution in [0, 0.1) is 0 Å². The Labute approximate surface area is 346 Å². The maximum Gasteiger partial charge on any atom is 0.306 e. The van der Waals surface area contributed by atoms with E-state index in [1.165, 1.54) is 0 Å². The molecule has 0 bridgehead atoms. The smallest absolute Gasteiger partial charge is 0.306 e. The number of carbonyl (C=O) groups excluding carboxylic acids is 2. The number of allylic oxidation sites excluding steroid dienone is 18. The zero-order chi connectivity index (χ0) is 42.7. The maximum absolute atomic E-state index is 12.8. The SMILES string of the molecule is CC/C=C\C/C=C\C/C=C\C/C=C\C/C=C\CCCC(=O)OC(COC(=O)CC/C=C\C/C=C\C/C=C\C/C=C\CC)COC1OC(CS(=O)(=O)O)C(O)C(O)C1O. The zero-order valence-corrected chi connectivity index (χ0v) is 35.2. The number of unbranched alkanes of at least 4 members (excludes halogenated alkanes) is 1. The number of esters is 2. The second-order valence-corrected chi connectivity index (χ2v) is 15.0. The van der Waals surface area contributed by atoms with E-state index in [2.05, 4.69) is 92.8 Å². The van der Waals surface area contributed by atoms with Crippen molar-refractivity contribution < 1.29 is 56.8 Å². The molecule has 0 aliphatic carbocycles. The van der Waals surface area contributed by atoms with E-state index in [9.17, 15) is 37.9 Å². The first-order chi connectivity index (χ1) is 28.0. The molecule has 0 radical (unpaired) electrons. The first-order valence-corrected chi connectivity index (χ1v) is 22.1. The molecular formula is C45H68O12S. The van der Waals surface area contributed by atoms with E-state index in [1.807, 2.05) is 30.4 Å². The first-order valence-electron chi connectivity index (χ1n) is 20.4. The second kappa shape index (κ2) is 34.2. The van der Waals surface area contributed by atoms with E-state index >= 15 is 0 Å². The Bertz CT molecular complexity index is 1490. The summed E-state index contributed by atoms with van der Waals surface area (Å²) in [5.41, 5.74) is 0.